The molecule has 0 radical (unpaired) electrons. The maximum atomic E-state index is 11.7. The molecule has 0 amide bonds. The summed E-state index contributed by atoms with van der Waals surface area (Å²) in [4.78, 5) is 17.8. The molecule has 2 aromatic rings. The predicted molar refractivity (Wildman–Crippen MR) is 68.8 cm³/mol. The number of nitrogens with zero attached hydrogens (tertiary/aromatic N) is 2. The molecule has 0 saturated carbocycles. The summed E-state index contributed by atoms with van der Waals surface area (Å²) in [6, 6.07) is 7.15. The lowest BCUT2D eigenvalue weighted by atomic mass is 9.97. The van der Waals surface area contributed by atoms with Crippen LogP contribution in [0.2, 0.25) is 0 Å². The molecule has 1 aliphatic heterocycles. The van der Waals surface area contributed by atoms with Gasteiger partial charge >= 0.3 is 5.69 Å². The fourth-order valence-electron chi connectivity index (χ4n) is 2.27. The lowest BCUT2D eigenvalue weighted by molar-refractivity contribution is 0.443. The second-order valence-corrected chi connectivity index (χ2v) is 4.34. The van der Waals surface area contributed by atoms with Crippen molar-refractivity contribution in [3.8, 4) is 17.1 Å². The highest BCUT2D eigenvalue weighted by Gasteiger charge is 2.18. The van der Waals surface area contributed by atoms with Gasteiger partial charge in [0.1, 0.15) is 0 Å². The van der Waals surface area contributed by atoms with Crippen molar-refractivity contribution in [2.45, 2.75) is 13.0 Å². The van der Waals surface area contributed by atoms with Crippen molar-refractivity contribution < 1.29 is 5.11 Å². The zero-order chi connectivity index (χ0) is 12.7. The molecule has 1 aromatic carbocycles. The van der Waals surface area contributed by atoms with E-state index >= 15 is 0 Å². The van der Waals surface area contributed by atoms with Crippen molar-refractivity contribution in [2.75, 3.05) is 4.84 Å². The molecule has 1 aromatic heterocycles. The number of anilines is 1. The van der Waals surface area contributed by atoms with E-state index in [0.717, 1.165) is 23.2 Å². The molecular formula is C12H10ClN3O2. The number of benzene rings is 1. The zero-order valence-corrected chi connectivity index (χ0v) is 10.1. The Morgan fingerprint density at radius 1 is 1.39 bits per heavy atom. The maximum absolute atomic E-state index is 11.7. The maximum Gasteiger partial charge on any atom is 0.351 e. The highest BCUT2D eigenvalue weighted by Crippen LogP contribution is 2.31. The molecule has 0 unspecified atom stereocenters. The van der Waals surface area contributed by atoms with Gasteiger partial charge in [0.25, 0.3) is 0 Å². The molecule has 0 aliphatic carbocycles. The molecule has 6 heteroatoms. The summed E-state index contributed by atoms with van der Waals surface area (Å²) in [5, 5.41) is 9.44. The molecule has 0 saturated heterocycles. The topological polar surface area (TPSA) is 67.1 Å². The van der Waals surface area contributed by atoms with Crippen LogP contribution in [0.15, 0.2) is 29.1 Å². The van der Waals surface area contributed by atoms with Crippen LogP contribution in [0.25, 0.3) is 11.3 Å². The highest BCUT2D eigenvalue weighted by atomic mass is 35.5. The van der Waals surface area contributed by atoms with Gasteiger partial charge in [0.15, 0.2) is 0 Å². The van der Waals surface area contributed by atoms with Crippen molar-refractivity contribution in [3.05, 3.63) is 40.3 Å². The van der Waals surface area contributed by atoms with Crippen LogP contribution in [-0.4, -0.2) is 14.7 Å². The van der Waals surface area contributed by atoms with E-state index in [1.165, 1.54) is 6.07 Å². The monoisotopic (exact) mass is 263 g/mol. The van der Waals surface area contributed by atoms with E-state index in [-0.39, 0.29) is 5.88 Å². The molecule has 0 atom stereocenters. The lowest BCUT2D eigenvalue weighted by Crippen LogP contribution is -2.27. The van der Waals surface area contributed by atoms with Gasteiger partial charge in [-0.2, -0.15) is 4.98 Å². The number of halogens is 1. The minimum absolute atomic E-state index is 0.251. The van der Waals surface area contributed by atoms with Gasteiger partial charge in [-0.25, -0.2) is 4.79 Å². The first kappa shape index (κ1) is 11.1. The second-order valence-electron chi connectivity index (χ2n) is 4.15. The van der Waals surface area contributed by atoms with Crippen LogP contribution in [0.5, 0.6) is 5.88 Å². The number of fused-ring (bicyclic) bond motifs is 3. The summed E-state index contributed by atoms with van der Waals surface area (Å²) in [7, 11) is 0. The number of hydrogen-bond acceptors (Lipinski definition) is 4. The van der Waals surface area contributed by atoms with Crippen LogP contribution in [-0.2, 0) is 13.0 Å². The third-order valence-electron chi connectivity index (χ3n) is 3.09. The Hall–Kier alpha value is -2.01. The summed E-state index contributed by atoms with van der Waals surface area (Å²) in [6.07, 6.45) is 0.737. The van der Waals surface area contributed by atoms with Crippen molar-refractivity contribution in [2.24, 2.45) is 0 Å². The number of aromatic hydroxyl groups is 1. The number of nitrogens with one attached hydrogen (secondary N) is 1. The third-order valence-corrected chi connectivity index (χ3v) is 3.31. The van der Waals surface area contributed by atoms with Gasteiger partial charge in [-0.05, 0) is 24.1 Å². The first-order chi connectivity index (χ1) is 8.69. The van der Waals surface area contributed by atoms with Crippen LogP contribution < -0.4 is 10.5 Å². The molecular weight excluding hydrogens is 254 g/mol. The quantitative estimate of drug-likeness (QED) is 0.769. The second kappa shape index (κ2) is 4.03. The Bertz CT molecular complexity index is 682. The van der Waals surface area contributed by atoms with Crippen LogP contribution in [0.1, 0.15) is 5.56 Å². The minimum atomic E-state index is -0.421. The lowest BCUT2D eigenvalue weighted by Gasteiger charge is -2.21. The van der Waals surface area contributed by atoms with Crippen molar-refractivity contribution >= 4 is 17.5 Å². The summed E-state index contributed by atoms with van der Waals surface area (Å²) in [5.41, 5.74) is 3.09. The van der Waals surface area contributed by atoms with Crippen LogP contribution in [0.3, 0.4) is 0 Å². The van der Waals surface area contributed by atoms with E-state index in [1.54, 1.807) is 4.57 Å². The van der Waals surface area contributed by atoms with E-state index in [2.05, 4.69) is 9.82 Å². The van der Waals surface area contributed by atoms with Gasteiger partial charge in [0.2, 0.25) is 5.88 Å². The van der Waals surface area contributed by atoms with E-state index in [9.17, 15) is 9.90 Å². The van der Waals surface area contributed by atoms with Gasteiger partial charge in [-0.15, -0.1) is 0 Å². The fourth-order valence-corrected chi connectivity index (χ4v) is 2.39. The van der Waals surface area contributed by atoms with Gasteiger partial charge in [-0.3, -0.25) is 9.40 Å². The average Bonchev–Trinajstić information content (AvgIpc) is 2.37. The molecule has 0 bridgehead atoms. The normalized spacial score (nSPS) is 12.7. The fraction of sp³-hybridized carbons (Fsp3) is 0.167. The van der Waals surface area contributed by atoms with Crippen LogP contribution in [0.4, 0.5) is 5.69 Å². The Kier molecular flexibility index (Phi) is 2.48. The Balaban J connectivity index is 2.25. The molecule has 0 spiro atoms. The largest absolute Gasteiger partial charge is 0.493 e. The standard InChI is InChI=1S/C12H10ClN3O2/c13-15-8-1-2-9-7(5-8)3-4-16-10(9)6-11(17)14-12(16)18/h1-2,5-6,15H,3-4H2,(H,14,17,18). The summed E-state index contributed by atoms with van der Waals surface area (Å²) in [6.45, 7) is 0.556. The first-order valence-corrected chi connectivity index (χ1v) is 5.87. The van der Waals surface area contributed by atoms with E-state index in [4.69, 9.17) is 11.8 Å². The van der Waals surface area contributed by atoms with E-state index < -0.39 is 5.69 Å². The number of aryl methyl sites for hydroxylation is 1. The Labute approximate surface area is 108 Å². The molecule has 3 rings (SSSR count). The first-order valence-electron chi connectivity index (χ1n) is 5.50. The predicted octanol–water partition coefficient (Wildman–Crippen LogP) is 1.74. The molecule has 5 nitrogen and oxygen atoms in total. The molecule has 0 fully saturated rings. The van der Waals surface area contributed by atoms with Gasteiger partial charge in [-0.1, -0.05) is 6.07 Å². The average molecular weight is 264 g/mol. The SMILES string of the molecule is O=c1nc(O)cc2n1CCc1cc(NCl)ccc1-2. The summed E-state index contributed by atoms with van der Waals surface area (Å²) in [5.74, 6) is -0.251. The molecule has 18 heavy (non-hydrogen) atoms. The van der Waals surface area contributed by atoms with Gasteiger partial charge in [0, 0.05) is 35.6 Å². The van der Waals surface area contributed by atoms with Crippen molar-refractivity contribution in [1.82, 2.24) is 9.55 Å². The number of hydrogen-bond donors (Lipinski definition) is 2. The van der Waals surface area contributed by atoms with Crippen LogP contribution >= 0.6 is 11.8 Å². The van der Waals surface area contributed by atoms with Crippen molar-refractivity contribution in [3.63, 3.8) is 0 Å². The third kappa shape index (κ3) is 1.64. The van der Waals surface area contributed by atoms with Gasteiger partial charge in [0.05, 0.1) is 5.69 Å². The Morgan fingerprint density at radius 3 is 3.00 bits per heavy atom. The van der Waals surface area contributed by atoms with Crippen LogP contribution in [0, 0.1) is 0 Å². The smallest absolute Gasteiger partial charge is 0.351 e. The summed E-state index contributed by atoms with van der Waals surface area (Å²) < 4.78 is 1.57. The molecule has 2 heterocycles. The van der Waals surface area contributed by atoms with Gasteiger partial charge < -0.3 is 5.11 Å². The van der Waals surface area contributed by atoms with E-state index in [0.29, 0.717) is 12.2 Å². The molecule has 1 aliphatic rings. The number of rotatable bonds is 1. The van der Waals surface area contributed by atoms with Crippen molar-refractivity contribution in [1.29, 1.82) is 0 Å². The molecule has 92 valence electrons. The zero-order valence-electron chi connectivity index (χ0n) is 9.35. The number of aromatic nitrogens is 2. The highest BCUT2D eigenvalue weighted by molar-refractivity contribution is 6.24. The summed E-state index contributed by atoms with van der Waals surface area (Å²) >= 11 is 5.56. The van der Waals surface area contributed by atoms with E-state index in [1.807, 2.05) is 18.2 Å². The minimum Gasteiger partial charge on any atom is -0.493 e. The Morgan fingerprint density at radius 2 is 2.22 bits per heavy atom. The molecule has 2 N–H and O–H groups in total.